The van der Waals surface area contributed by atoms with Crippen molar-refractivity contribution in [1.82, 2.24) is 5.32 Å². The Bertz CT molecular complexity index is 210. The van der Waals surface area contributed by atoms with Crippen molar-refractivity contribution >= 4 is 0 Å². The first-order valence-electron chi connectivity index (χ1n) is 6.58. The monoisotopic (exact) mass is 227 g/mol. The lowest BCUT2D eigenvalue weighted by Gasteiger charge is -2.39. The van der Waals surface area contributed by atoms with E-state index in [0.717, 1.165) is 32.2 Å². The summed E-state index contributed by atoms with van der Waals surface area (Å²) in [5, 5.41) is 3.69. The second kappa shape index (κ2) is 5.48. The zero-order valence-electron chi connectivity index (χ0n) is 10.6. The van der Waals surface area contributed by atoms with Crippen molar-refractivity contribution in [3.8, 4) is 0 Å². The number of ether oxygens (including phenoxy) is 2. The molecule has 1 unspecified atom stereocenters. The van der Waals surface area contributed by atoms with E-state index in [-0.39, 0.29) is 0 Å². The van der Waals surface area contributed by atoms with Gasteiger partial charge in [-0.1, -0.05) is 0 Å². The van der Waals surface area contributed by atoms with Crippen LogP contribution in [0.5, 0.6) is 0 Å². The smallest absolute Gasteiger partial charge is 0.0549 e. The Morgan fingerprint density at radius 2 is 2.06 bits per heavy atom. The van der Waals surface area contributed by atoms with Gasteiger partial charge in [0.15, 0.2) is 0 Å². The van der Waals surface area contributed by atoms with Crippen LogP contribution in [0.15, 0.2) is 0 Å². The maximum absolute atomic E-state index is 5.49. The third kappa shape index (κ3) is 3.44. The Morgan fingerprint density at radius 3 is 2.62 bits per heavy atom. The van der Waals surface area contributed by atoms with Crippen molar-refractivity contribution in [1.29, 1.82) is 0 Å². The molecule has 3 nitrogen and oxygen atoms in total. The summed E-state index contributed by atoms with van der Waals surface area (Å²) in [7, 11) is 1.81. The second-order valence-electron chi connectivity index (χ2n) is 5.52. The molecule has 2 fully saturated rings. The minimum atomic E-state index is 0.360. The molecule has 0 aromatic heterocycles. The fraction of sp³-hybridized carbons (Fsp3) is 1.00. The van der Waals surface area contributed by atoms with Gasteiger partial charge in [0.25, 0.3) is 0 Å². The van der Waals surface area contributed by atoms with Gasteiger partial charge in [-0.2, -0.15) is 0 Å². The highest BCUT2D eigenvalue weighted by Crippen LogP contribution is 2.36. The van der Waals surface area contributed by atoms with Gasteiger partial charge in [-0.25, -0.2) is 0 Å². The van der Waals surface area contributed by atoms with Gasteiger partial charge in [-0.15, -0.1) is 0 Å². The maximum Gasteiger partial charge on any atom is 0.0549 e. The van der Waals surface area contributed by atoms with E-state index in [1.807, 2.05) is 7.11 Å². The predicted octanol–water partition coefficient (Wildman–Crippen LogP) is 1.96. The van der Waals surface area contributed by atoms with Gasteiger partial charge in [0.1, 0.15) is 0 Å². The molecule has 2 aliphatic rings. The van der Waals surface area contributed by atoms with Crippen molar-refractivity contribution in [3.05, 3.63) is 0 Å². The molecule has 1 N–H and O–H groups in total. The SMILES string of the molecule is COC(C)CC1(CNC2CC2)CCOCC1. The van der Waals surface area contributed by atoms with Crippen LogP contribution >= 0.6 is 0 Å². The van der Waals surface area contributed by atoms with Crippen LogP contribution in [0.4, 0.5) is 0 Å². The summed E-state index contributed by atoms with van der Waals surface area (Å²) in [6.07, 6.45) is 6.62. The van der Waals surface area contributed by atoms with Gasteiger partial charge >= 0.3 is 0 Å². The van der Waals surface area contributed by atoms with Crippen LogP contribution in [0.2, 0.25) is 0 Å². The molecule has 1 atom stereocenters. The van der Waals surface area contributed by atoms with Crippen LogP contribution < -0.4 is 5.32 Å². The molecule has 0 radical (unpaired) electrons. The molecule has 1 aliphatic heterocycles. The molecule has 0 aromatic carbocycles. The molecule has 16 heavy (non-hydrogen) atoms. The Kier molecular flexibility index (Phi) is 4.22. The molecule has 94 valence electrons. The quantitative estimate of drug-likeness (QED) is 0.752. The fourth-order valence-corrected chi connectivity index (χ4v) is 2.60. The Hall–Kier alpha value is -0.120. The average Bonchev–Trinajstić information content (AvgIpc) is 3.11. The lowest BCUT2D eigenvalue weighted by atomic mass is 9.75. The number of methoxy groups -OCH3 is 1. The second-order valence-corrected chi connectivity index (χ2v) is 5.52. The molecule has 1 saturated heterocycles. The van der Waals surface area contributed by atoms with Crippen molar-refractivity contribution < 1.29 is 9.47 Å². The Morgan fingerprint density at radius 1 is 1.38 bits per heavy atom. The molecular weight excluding hydrogens is 202 g/mol. The highest BCUT2D eigenvalue weighted by molar-refractivity contribution is 4.90. The van der Waals surface area contributed by atoms with Crippen molar-refractivity contribution in [2.24, 2.45) is 5.41 Å². The van der Waals surface area contributed by atoms with Crippen molar-refractivity contribution in [2.75, 3.05) is 26.9 Å². The summed E-state index contributed by atoms with van der Waals surface area (Å²) in [5.74, 6) is 0. The molecule has 0 bridgehead atoms. The molecule has 0 aromatic rings. The zero-order chi connectivity index (χ0) is 11.4. The lowest BCUT2D eigenvalue weighted by molar-refractivity contribution is -0.0189. The van der Waals surface area contributed by atoms with Gasteiger partial charge in [-0.05, 0) is 44.4 Å². The van der Waals surface area contributed by atoms with E-state index in [0.29, 0.717) is 11.5 Å². The summed E-state index contributed by atoms with van der Waals surface area (Å²) in [6.45, 7) is 5.16. The predicted molar refractivity (Wildman–Crippen MR) is 64.6 cm³/mol. The minimum absolute atomic E-state index is 0.360. The molecule has 2 rings (SSSR count). The molecule has 0 spiro atoms. The van der Waals surface area contributed by atoms with E-state index in [2.05, 4.69) is 12.2 Å². The molecule has 0 amide bonds. The van der Waals surface area contributed by atoms with E-state index < -0.39 is 0 Å². The molecule has 1 saturated carbocycles. The highest BCUT2D eigenvalue weighted by Gasteiger charge is 2.35. The summed E-state index contributed by atoms with van der Waals surface area (Å²) in [4.78, 5) is 0. The van der Waals surface area contributed by atoms with Gasteiger partial charge in [-0.3, -0.25) is 0 Å². The molecule has 1 aliphatic carbocycles. The van der Waals surface area contributed by atoms with E-state index in [1.165, 1.54) is 25.7 Å². The van der Waals surface area contributed by atoms with Crippen LogP contribution in [0.3, 0.4) is 0 Å². The highest BCUT2D eigenvalue weighted by atomic mass is 16.5. The van der Waals surface area contributed by atoms with Crippen LogP contribution in [-0.4, -0.2) is 39.0 Å². The topological polar surface area (TPSA) is 30.5 Å². The normalized spacial score (nSPS) is 26.6. The summed E-state index contributed by atoms with van der Waals surface area (Å²) >= 11 is 0. The first-order chi connectivity index (χ1) is 7.74. The van der Waals surface area contributed by atoms with Crippen LogP contribution in [-0.2, 0) is 9.47 Å². The summed E-state index contributed by atoms with van der Waals surface area (Å²) in [6, 6.07) is 0.803. The van der Waals surface area contributed by atoms with Gasteiger partial charge in [0, 0.05) is 32.9 Å². The third-order valence-electron chi connectivity index (χ3n) is 4.02. The molecule has 3 heteroatoms. The average molecular weight is 227 g/mol. The number of nitrogens with one attached hydrogen (secondary N) is 1. The fourth-order valence-electron chi connectivity index (χ4n) is 2.60. The Labute approximate surface area is 98.9 Å². The van der Waals surface area contributed by atoms with Gasteiger partial charge < -0.3 is 14.8 Å². The third-order valence-corrected chi connectivity index (χ3v) is 4.02. The Balaban J connectivity index is 1.86. The van der Waals surface area contributed by atoms with E-state index in [4.69, 9.17) is 9.47 Å². The maximum atomic E-state index is 5.49. The van der Waals surface area contributed by atoms with E-state index in [9.17, 15) is 0 Å². The van der Waals surface area contributed by atoms with Crippen LogP contribution in [0, 0.1) is 5.41 Å². The van der Waals surface area contributed by atoms with E-state index in [1.54, 1.807) is 0 Å². The van der Waals surface area contributed by atoms with Crippen LogP contribution in [0.1, 0.15) is 39.0 Å². The zero-order valence-corrected chi connectivity index (χ0v) is 10.6. The van der Waals surface area contributed by atoms with E-state index >= 15 is 0 Å². The largest absolute Gasteiger partial charge is 0.382 e. The molecule has 1 heterocycles. The van der Waals surface area contributed by atoms with Gasteiger partial charge in [0.05, 0.1) is 6.10 Å². The minimum Gasteiger partial charge on any atom is -0.382 e. The first kappa shape index (κ1) is 12.3. The number of hydrogen-bond acceptors (Lipinski definition) is 3. The summed E-state index contributed by atoms with van der Waals surface area (Å²) in [5.41, 5.74) is 0.413. The first-order valence-corrected chi connectivity index (χ1v) is 6.58. The van der Waals surface area contributed by atoms with Crippen molar-refractivity contribution in [2.45, 2.75) is 51.2 Å². The molecular formula is C13H25NO2. The van der Waals surface area contributed by atoms with Crippen LogP contribution in [0.25, 0.3) is 0 Å². The standard InChI is InChI=1S/C13H25NO2/c1-11(15-2)9-13(5-7-16-8-6-13)10-14-12-3-4-12/h11-12,14H,3-10H2,1-2H3. The number of hydrogen-bond donors (Lipinski definition) is 1. The summed E-state index contributed by atoms with van der Waals surface area (Å²) < 4.78 is 10.9. The number of rotatable bonds is 6. The van der Waals surface area contributed by atoms with Crippen molar-refractivity contribution in [3.63, 3.8) is 0 Å². The lowest BCUT2D eigenvalue weighted by Crippen LogP contribution is -2.42. The van der Waals surface area contributed by atoms with Gasteiger partial charge in [0.2, 0.25) is 0 Å².